The third kappa shape index (κ3) is 6.65. The van der Waals surface area contributed by atoms with Crippen molar-refractivity contribution >= 4 is 35.3 Å². The minimum Gasteiger partial charge on any atom is -0.351 e. The van der Waals surface area contributed by atoms with Crippen LogP contribution in [-0.4, -0.2) is 37.9 Å². The number of nitrogens with one attached hydrogen (secondary N) is 1. The maximum atomic E-state index is 14.4. The smallest absolute Gasteiger partial charge is 0.265 e. The molecule has 2 amide bonds. The number of amides is 2. The topological polar surface area (TPSA) is 67.9 Å². The molecule has 0 spiro atoms. The summed E-state index contributed by atoms with van der Waals surface area (Å²) in [4.78, 5) is 29.1. The summed E-state index contributed by atoms with van der Waals surface area (Å²) in [5.41, 5.74) is 2.47. The highest BCUT2D eigenvalue weighted by atomic mass is 32.2. The van der Waals surface area contributed by atoms with Crippen molar-refractivity contribution in [2.45, 2.75) is 31.6 Å². The van der Waals surface area contributed by atoms with Crippen molar-refractivity contribution < 1.29 is 23.5 Å². The summed E-state index contributed by atoms with van der Waals surface area (Å²) >= 11 is 1.38. The molecule has 3 aromatic rings. The second-order valence-corrected chi connectivity index (χ2v) is 9.32. The van der Waals surface area contributed by atoms with E-state index in [1.807, 2.05) is 38.1 Å². The molecule has 1 aliphatic rings. The average Bonchev–Trinajstić information content (AvgIpc) is 2.91. The SMILES string of the molecule is CCOC(CNC(=O)c1ccc(C=C2Sc3ccccc3N(Cc3ccccc3F)C2=O)cc1)OCC. The molecule has 192 valence electrons. The number of para-hydroxylation sites is 1. The molecule has 1 heterocycles. The van der Waals surface area contributed by atoms with Crippen LogP contribution in [0.1, 0.15) is 35.3 Å². The number of carbonyl (C=O) groups excluding carboxylic acids is 2. The summed E-state index contributed by atoms with van der Waals surface area (Å²) in [6, 6.07) is 21.1. The molecule has 6 nitrogen and oxygen atoms in total. The summed E-state index contributed by atoms with van der Waals surface area (Å²) in [6.45, 7) is 5.09. The van der Waals surface area contributed by atoms with Gasteiger partial charge in [-0.15, -0.1) is 0 Å². The van der Waals surface area contributed by atoms with Crippen LogP contribution in [0.15, 0.2) is 82.6 Å². The van der Waals surface area contributed by atoms with E-state index in [1.54, 1.807) is 53.4 Å². The van der Waals surface area contributed by atoms with Gasteiger partial charge >= 0.3 is 0 Å². The fourth-order valence-electron chi connectivity index (χ4n) is 3.91. The lowest BCUT2D eigenvalue weighted by molar-refractivity contribution is -0.131. The van der Waals surface area contributed by atoms with Gasteiger partial charge in [-0.2, -0.15) is 0 Å². The maximum absolute atomic E-state index is 14.4. The van der Waals surface area contributed by atoms with Crippen molar-refractivity contribution in [3.8, 4) is 0 Å². The number of halogens is 1. The van der Waals surface area contributed by atoms with E-state index < -0.39 is 6.29 Å². The Hall–Kier alpha value is -3.46. The molecule has 4 rings (SSSR count). The minimum absolute atomic E-state index is 0.129. The molecule has 37 heavy (non-hydrogen) atoms. The Kier molecular flexibility index (Phi) is 9.11. The van der Waals surface area contributed by atoms with Gasteiger partial charge in [-0.3, -0.25) is 9.59 Å². The van der Waals surface area contributed by atoms with Crippen LogP contribution in [0.25, 0.3) is 6.08 Å². The molecule has 1 N–H and O–H groups in total. The lowest BCUT2D eigenvalue weighted by Gasteiger charge is -2.30. The molecule has 0 saturated heterocycles. The highest BCUT2D eigenvalue weighted by molar-refractivity contribution is 8.04. The number of hydrogen-bond acceptors (Lipinski definition) is 5. The van der Waals surface area contributed by atoms with Gasteiger partial charge in [-0.05, 0) is 55.8 Å². The Bertz CT molecular complexity index is 1270. The number of nitrogens with zero attached hydrogens (tertiary/aromatic N) is 1. The summed E-state index contributed by atoms with van der Waals surface area (Å²) in [5, 5.41) is 2.82. The summed E-state index contributed by atoms with van der Waals surface area (Å²) in [7, 11) is 0. The van der Waals surface area contributed by atoms with E-state index in [1.165, 1.54) is 17.8 Å². The maximum Gasteiger partial charge on any atom is 0.265 e. The summed E-state index contributed by atoms with van der Waals surface area (Å²) < 4.78 is 25.3. The highest BCUT2D eigenvalue weighted by Crippen LogP contribution is 2.42. The van der Waals surface area contributed by atoms with Crippen molar-refractivity contribution in [3.63, 3.8) is 0 Å². The predicted octanol–water partition coefficient (Wildman–Crippen LogP) is 5.63. The lowest BCUT2D eigenvalue weighted by Crippen LogP contribution is -2.35. The molecule has 0 aromatic heterocycles. The van der Waals surface area contributed by atoms with Crippen LogP contribution in [0.2, 0.25) is 0 Å². The standard InChI is InChI=1S/C29H29FN2O4S/c1-3-35-27(36-4-2)18-31-28(33)21-15-13-20(14-16-21)17-26-29(34)32(19-22-9-5-6-10-23(22)30)24-11-7-8-12-25(24)37-26/h5-17,27H,3-4,18-19H2,1-2H3,(H,31,33). The Morgan fingerprint density at radius 1 is 1.00 bits per heavy atom. The fraction of sp³-hybridized carbons (Fsp3) is 0.241. The Morgan fingerprint density at radius 3 is 2.38 bits per heavy atom. The van der Waals surface area contributed by atoms with Gasteiger partial charge in [0.25, 0.3) is 11.8 Å². The van der Waals surface area contributed by atoms with Gasteiger partial charge in [0.2, 0.25) is 0 Å². The Balaban J connectivity index is 1.51. The number of benzene rings is 3. The third-order valence-corrected chi connectivity index (χ3v) is 6.80. The van der Waals surface area contributed by atoms with Gasteiger partial charge in [0.05, 0.1) is 23.7 Å². The van der Waals surface area contributed by atoms with E-state index in [0.29, 0.717) is 29.2 Å². The Labute approximate surface area is 220 Å². The first kappa shape index (κ1) is 26.6. The predicted molar refractivity (Wildman–Crippen MR) is 144 cm³/mol. The average molecular weight is 521 g/mol. The van der Waals surface area contributed by atoms with Gasteiger partial charge in [0, 0.05) is 29.2 Å². The van der Waals surface area contributed by atoms with Gasteiger partial charge < -0.3 is 19.7 Å². The first-order valence-electron chi connectivity index (χ1n) is 12.2. The second-order valence-electron chi connectivity index (χ2n) is 8.23. The zero-order chi connectivity index (χ0) is 26.2. The number of ether oxygens (including phenoxy) is 2. The molecule has 0 atom stereocenters. The molecule has 0 bridgehead atoms. The first-order valence-corrected chi connectivity index (χ1v) is 13.0. The van der Waals surface area contributed by atoms with Crippen LogP contribution >= 0.6 is 11.8 Å². The third-order valence-electron chi connectivity index (χ3n) is 5.72. The van der Waals surface area contributed by atoms with E-state index in [-0.39, 0.29) is 30.7 Å². The normalized spacial score (nSPS) is 14.2. The molecule has 3 aromatic carbocycles. The molecular weight excluding hydrogens is 491 g/mol. The number of anilines is 1. The first-order chi connectivity index (χ1) is 18.0. The number of hydrogen-bond donors (Lipinski definition) is 1. The van der Waals surface area contributed by atoms with Gasteiger partial charge in [0.1, 0.15) is 5.82 Å². The molecule has 1 aliphatic heterocycles. The largest absolute Gasteiger partial charge is 0.351 e. The van der Waals surface area contributed by atoms with E-state index in [2.05, 4.69) is 5.32 Å². The number of fused-ring (bicyclic) bond motifs is 1. The summed E-state index contributed by atoms with van der Waals surface area (Å²) in [5.74, 6) is -0.789. The van der Waals surface area contributed by atoms with Crippen LogP contribution in [0.4, 0.5) is 10.1 Å². The molecule has 0 fully saturated rings. The second kappa shape index (κ2) is 12.7. The van der Waals surface area contributed by atoms with Crippen molar-refractivity contribution in [2.24, 2.45) is 0 Å². The van der Waals surface area contributed by atoms with Crippen molar-refractivity contribution in [2.75, 3.05) is 24.7 Å². The van der Waals surface area contributed by atoms with E-state index >= 15 is 0 Å². The summed E-state index contributed by atoms with van der Waals surface area (Å²) in [6.07, 6.45) is 1.30. The Morgan fingerprint density at radius 2 is 1.68 bits per heavy atom. The molecular formula is C29H29FN2O4S. The molecule has 0 radical (unpaired) electrons. The fourth-order valence-corrected chi connectivity index (χ4v) is 4.97. The molecule has 8 heteroatoms. The number of thioether (sulfide) groups is 1. The molecule has 0 aliphatic carbocycles. The monoisotopic (exact) mass is 520 g/mol. The van der Waals surface area contributed by atoms with Gasteiger partial charge in [-0.25, -0.2) is 4.39 Å². The number of carbonyl (C=O) groups is 2. The van der Waals surface area contributed by atoms with Crippen LogP contribution in [0.5, 0.6) is 0 Å². The lowest BCUT2D eigenvalue weighted by atomic mass is 10.1. The zero-order valence-electron chi connectivity index (χ0n) is 20.8. The van der Waals surface area contributed by atoms with Crippen molar-refractivity contribution in [3.05, 3.63) is 100 Å². The quantitative estimate of drug-likeness (QED) is 0.277. The molecule has 0 unspecified atom stereocenters. The van der Waals surface area contributed by atoms with Crippen LogP contribution in [-0.2, 0) is 20.8 Å². The van der Waals surface area contributed by atoms with Gasteiger partial charge in [0.15, 0.2) is 6.29 Å². The van der Waals surface area contributed by atoms with Gasteiger partial charge in [-0.1, -0.05) is 54.2 Å². The zero-order valence-corrected chi connectivity index (χ0v) is 21.6. The highest BCUT2D eigenvalue weighted by Gasteiger charge is 2.29. The number of rotatable bonds is 10. The van der Waals surface area contributed by atoms with Crippen LogP contribution < -0.4 is 10.2 Å². The van der Waals surface area contributed by atoms with Crippen LogP contribution in [0, 0.1) is 5.82 Å². The van der Waals surface area contributed by atoms with E-state index in [0.717, 1.165) is 16.1 Å². The van der Waals surface area contributed by atoms with Crippen LogP contribution in [0.3, 0.4) is 0 Å². The minimum atomic E-state index is -0.493. The van der Waals surface area contributed by atoms with Crippen molar-refractivity contribution in [1.29, 1.82) is 0 Å². The van der Waals surface area contributed by atoms with E-state index in [9.17, 15) is 14.0 Å². The molecule has 0 saturated carbocycles. The van der Waals surface area contributed by atoms with E-state index in [4.69, 9.17) is 9.47 Å². The van der Waals surface area contributed by atoms with Crippen molar-refractivity contribution in [1.82, 2.24) is 5.32 Å².